The summed E-state index contributed by atoms with van der Waals surface area (Å²) in [6, 6.07) is 18.6. The van der Waals surface area contributed by atoms with E-state index in [4.69, 9.17) is 23.7 Å². The number of esters is 3. The summed E-state index contributed by atoms with van der Waals surface area (Å²) in [6.07, 6.45) is 3.19. The third-order valence-electron chi connectivity index (χ3n) is 6.88. The van der Waals surface area contributed by atoms with Crippen molar-refractivity contribution in [2.24, 2.45) is 0 Å². The molecule has 12 heteroatoms. The monoisotopic (exact) mass is 658 g/mol. The molecule has 0 saturated heterocycles. The Hall–Kier alpha value is -5.25. The maximum Gasteiger partial charge on any atom is 0.343 e. The van der Waals surface area contributed by atoms with Crippen LogP contribution in [-0.2, 0) is 25.5 Å². The number of hydrogen-bond donors (Lipinski definition) is 1. The Labute approximate surface area is 275 Å². The number of aromatic nitrogens is 1. The van der Waals surface area contributed by atoms with E-state index in [-0.39, 0.29) is 28.6 Å². The predicted molar refractivity (Wildman–Crippen MR) is 173 cm³/mol. The van der Waals surface area contributed by atoms with Crippen LogP contribution in [0.4, 0.5) is 0 Å². The standard InChI is InChI=1S/C35H34N2O9S/c1-4-6-8-22-9-11-23(12-10-22)33(39)45-27-17-18-28(31-30(27)37-32(47-31)26(21-36)35(41)42-3)46-34(40)24-13-15-25(16-14-24)43-19-7-20-44-29(38)5-2/h5,9-18,26,34,40H,2,4,6-8,19-20H2,1,3H3. The second-order valence-corrected chi connectivity index (χ2v) is 11.2. The first-order valence-corrected chi connectivity index (χ1v) is 15.7. The van der Waals surface area contributed by atoms with E-state index in [0.717, 1.165) is 42.2 Å². The topological polar surface area (TPSA) is 154 Å². The number of thiazole rings is 1. The Morgan fingerprint density at radius 1 is 1.02 bits per heavy atom. The van der Waals surface area contributed by atoms with E-state index in [1.165, 1.54) is 19.2 Å². The molecule has 1 heterocycles. The first kappa shape index (κ1) is 34.6. The molecule has 0 aliphatic carbocycles. The number of fused-ring (bicyclic) bond motifs is 1. The summed E-state index contributed by atoms with van der Waals surface area (Å²) in [5, 5.41) is 20.7. The molecule has 47 heavy (non-hydrogen) atoms. The van der Waals surface area contributed by atoms with Gasteiger partial charge in [0.15, 0.2) is 11.7 Å². The Kier molecular flexibility index (Phi) is 12.4. The van der Waals surface area contributed by atoms with Crippen LogP contribution in [-0.4, -0.2) is 48.3 Å². The Morgan fingerprint density at radius 3 is 2.40 bits per heavy atom. The van der Waals surface area contributed by atoms with Crippen molar-refractivity contribution < 1.29 is 43.2 Å². The van der Waals surface area contributed by atoms with Crippen molar-refractivity contribution in [1.82, 2.24) is 4.98 Å². The number of benzene rings is 3. The van der Waals surface area contributed by atoms with Crippen LogP contribution in [0.3, 0.4) is 0 Å². The van der Waals surface area contributed by atoms with Gasteiger partial charge in [0, 0.05) is 18.1 Å². The number of unbranched alkanes of at least 4 members (excludes halogenated alkanes) is 1. The molecule has 4 rings (SSSR count). The molecule has 0 aliphatic rings. The van der Waals surface area contributed by atoms with Gasteiger partial charge in [0.25, 0.3) is 0 Å². The fourth-order valence-electron chi connectivity index (χ4n) is 4.35. The largest absolute Gasteiger partial charge is 0.493 e. The highest BCUT2D eigenvalue weighted by Gasteiger charge is 2.28. The number of hydrogen-bond acceptors (Lipinski definition) is 12. The molecule has 0 radical (unpaired) electrons. The lowest BCUT2D eigenvalue weighted by molar-refractivity contribution is -0.141. The maximum absolute atomic E-state index is 13.1. The van der Waals surface area contributed by atoms with E-state index in [1.54, 1.807) is 36.4 Å². The third kappa shape index (κ3) is 9.16. The van der Waals surface area contributed by atoms with Gasteiger partial charge in [-0.2, -0.15) is 5.26 Å². The van der Waals surface area contributed by atoms with Crippen LogP contribution >= 0.6 is 11.3 Å². The summed E-state index contributed by atoms with van der Waals surface area (Å²) < 4.78 is 27.3. The van der Waals surface area contributed by atoms with E-state index in [9.17, 15) is 24.8 Å². The third-order valence-corrected chi connectivity index (χ3v) is 8.02. The Balaban J connectivity index is 1.53. The van der Waals surface area contributed by atoms with Crippen molar-refractivity contribution >= 4 is 39.5 Å². The van der Waals surface area contributed by atoms with Gasteiger partial charge in [-0.05, 0) is 66.9 Å². The van der Waals surface area contributed by atoms with Gasteiger partial charge in [-0.3, -0.25) is 4.79 Å². The number of aliphatic hydroxyl groups excluding tert-OH is 1. The number of methoxy groups -OCH3 is 1. The smallest absolute Gasteiger partial charge is 0.343 e. The lowest BCUT2D eigenvalue weighted by Crippen LogP contribution is -2.12. The molecule has 0 fully saturated rings. The van der Waals surface area contributed by atoms with Crippen molar-refractivity contribution in [2.45, 2.75) is 44.8 Å². The van der Waals surface area contributed by atoms with Crippen LogP contribution in [0.25, 0.3) is 10.2 Å². The summed E-state index contributed by atoms with van der Waals surface area (Å²) in [6.45, 7) is 5.96. The quantitative estimate of drug-likeness (QED) is 0.0481. The molecule has 1 N–H and O–H groups in total. The van der Waals surface area contributed by atoms with Crippen molar-refractivity contribution in [1.29, 1.82) is 5.26 Å². The van der Waals surface area contributed by atoms with Crippen LogP contribution in [0.15, 0.2) is 73.3 Å². The highest BCUT2D eigenvalue weighted by molar-refractivity contribution is 7.19. The molecular weight excluding hydrogens is 624 g/mol. The van der Waals surface area contributed by atoms with Gasteiger partial charge in [0.2, 0.25) is 6.29 Å². The van der Waals surface area contributed by atoms with Crippen LogP contribution < -0.4 is 14.2 Å². The molecule has 244 valence electrons. The van der Waals surface area contributed by atoms with Gasteiger partial charge < -0.3 is 28.8 Å². The number of rotatable bonds is 16. The molecule has 0 spiro atoms. The normalized spacial score (nSPS) is 12.0. The highest BCUT2D eigenvalue weighted by Crippen LogP contribution is 2.41. The zero-order chi connectivity index (χ0) is 33.8. The number of nitrogens with zero attached hydrogens (tertiary/aromatic N) is 2. The van der Waals surface area contributed by atoms with Crippen LogP contribution in [0.5, 0.6) is 17.2 Å². The van der Waals surface area contributed by atoms with Gasteiger partial charge in [-0.1, -0.05) is 32.1 Å². The second-order valence-electron chi connectivity index (χ2n) is 10.2. The molecule has 0 aliphatic heterocycles. The predicted octanol–water partition coefficient (Wildman–Crippen LogP) is 6.21. The average molecular weight is 659 g/mol. The van der Waals surface area contributed by atoms with Crippen LogP contribution in [0.1, 0.15) is 64.9 Å². The van der Waals surface area contributed by atoms with Gasteiger partial charge in [-0.25, -0.2) is 14.6 Å². The second kappa shape index (κ2) is 16.9. The van der Waals surface area contributed by atoms with Gasteiger partial charge in [-0.15, -0.1) is 11.3 Å². The average Bonchev–Trinajstić information content (AvgIpc) is 3.54. The van der Waals surface area contributed by atoms with E-state index in [2.05, 4.69) is 18.5 Å². The Morgan fingerprint density at radius 2 is 1.74 bits per heavy atom. The van der Waals surface area contributed by atoms with Crippen molar-refractivity contribution in [3.8, 4) is 23.3 Å². The first-order chi connectivity index (χ1) is 22.8. The summed E-state index contributed by atoms with van der Waals surface area (Å²) in [7, 11) is 1.17. The van der Waals surface area contributed by atoms with Gasteiger partial charge >= 0.3 is 17.9 Å². The van der Waals surface area contributed by atoms with Crippen molar-refractivity contribution in [3.05, 3.63) is 95.0 Å². The van der Waals surface area contributed by atoms with Crippen molar-refractivity contribution in [3.63, 3.8) is 0 Å². The van der Waals surface area contributed by atoms with Crippen LogP contribution in [0.2, 0.25) is 0 Å². The zero-order valence-electron chi connectivity index (χ0n) is 26.0. The van der Waals surface area contributed by atoms with E-state index in [0.29, 0.717) is 34.6 Å². The minimum absolute atomic E-state index is 0.0896. The highest BCUT2D eigenvalue weighted by atomic mass is 32.1. The fourth-order valence-corrected chi connectivity index (χ4v) is 5.42. The molecule has 3 aromatic carbocycles. The number of ether oxygens (including phenoxy) is 5. The fraction of sp³-hybridized carbons (Fsp3) is 0.286. The summed E-state index contributed by atoms with van der Waals surface area (Å²) >= 11 is 0.984. The summed E-state index contributed by atoms with van der Waals surface area (Å²) in [5.74, 6) is -2.41. The summed E-state index contributed by atoms with van der Waals surface area (Å²) in [4.78, 5) is 40.9. The lowest BCUT2D eigenvalue weighted by Gasteiger charge is -2.15. The number of carbonyl (C=O) groups is 3. The minimum Gasteiger partial charge on any atom is -0.493 e. The van der Waals surface area contributed by atoms with E-state index in [1.807, 2.05) is 18.2 Å². The maximum atomic E-state index is 13.1. The Bertz CT molecular complexity index is 1740. The molecule has 0 bridgehead atoms. The number of aryl methyl sites for hydroxylation is 1. The summed E-state index contributed by atoms with van der Waals surface area (Å²) in [5.41, 5.74) is 2.05. The van der Waals surface area contributed by atoms with Gasteiger partial charge in [0.05, 0.1) is 32.0 Å². The van der Waals surface area contributed by atoms with E-state index < -0.39 is 30.1 Å². The van der Waals surface area contributed by atoms with Gasteiger partial charge in [0.1, 0.15) is 26.7 Å². The number of aliphatic hydroxyl groups is 1. The SMILES string of the molecule is C=CC(=O)OCCCOc1ccc(C(O)Oc2ccc(OC(=O)c3ccc(CCCC)cc3)c3nc(C(C#N)C(=O)OC)sc23)cc1. The molecule has 2 unspecified atom stereocenters. The van der Waals surface area contributed by atoms with Crippen molar-refractivity contribution in [2.75, 3.05) is 20.3 Å². The first-order valence-electron chi connectivity index (χ1n) is 14.9. The molecular formula is C35H34N2O9S. The van der Waals surface area contributed by atoms with Crippen LogP contribution in [0, 0.1) is 11.3 Å². The van der Waals surface area contributed by atoms with E-state index >= 15 is 0 Å². The molecule has 2 atom stereocenters. The lowest BCUT2D eigenvalue weighted by atomic mass is 10.1. The minimum atomic E-state index is -1.41. The molecule has 4 aromatic rings. The number of carbonyl (C=O) groups excluding carboxylic acids is 3. The molecule has 11 nitrogen and oxygen atoms in total. The molecule has 0 amide bonds. The zero-order valence-corrected chi connectivity index (χ0v) is 26.8. The number of nitriles is 1. The molecule has 0 saturated carbocycles. The molecule has 1 aromatic heterocycles.